The lowest BCUT2D eigenvalue weighted by molar-refractivity contribution is 0.687. The predicted octanol–water partition coefficient (Wildman–Crippen LogP) is 2.90. The molecule has 3 aromatic rings. The quantitative estimate of drug-likeness (QED) is 0.737. The molecule has 128 valence electrons. The first-order valence-corrected chi connectivity index (χ1v) is 8.73. The van der Waals surface area contributed by atoms with Gasteiger partial charge in [-0.1, -0.05) is 30.3 Å². The molecule has 1 saturated heterocycles. The molecule has 0 saturated carbocycles. The summed E-state index contributed by atoms with van der Waals surface area (Å²) in [5.74, 6) is 0. The van der Waals surface area contributed by atoms with Crippen LogP contribution in [0.1, 0.15) is 18.4 Å². The minimum Gasteiger partial charge on any atom is -0.371 e. The largest absolute Gasteiger partial charge is 0.371 e. The third-order valence-corrected chi connectivity index (χ3v) is 4.78. The van der Waals surface area contributed by atoms with Crippen LogP contribution in [0.15, 0.2) is 59.8 Å². The van der Waals surface area contributed by atoms with Gasteiger partial charge in [-0.15, -0.1) is 0 Å². The number of aromatic nitrogens is 3. The van der Waals surface area contributed by atoms with Gasteiger partial charge in [0.25, 0.3) is 5.56 Å². The monoisotopic (exact) mass is 334 g/mol. The van der Waals surface area contributed by atoms with Crippen LogP contribution in [0.25, 0.3) is 11.1 Å². The molecule has 0 N–H and O–H groups in total. The highest BCUT2D eigenvalue weighted by Gasteiger charge is 2.19. The first-order valence-electron chi connectivity index (χ1n) is 8.73. The van der Waals surface area contributed by atoms with E-state index < -0.39 is 0 Å². The molecule has 0 aliphatic carbocycles. The van der Waals surface area contributed by atoms with E-state index in [1.54, 1.807) is 17.7 Å². The molecule has 0 spiro atoms. The zero-order valence-corrected chi connectivity index (χ0v) is 14.4. The van der Waals surface area contributed by atoms with Crippen molar-refractivity contribution in [1.29, 1.82) is 0 Å². The maximum Gasteiger partial charge on any atom is 0.252 e. The van der Waals surface area contributed by atoms with Crippen LogP contribution in [0.4, 0.5) is 5.69 Å². The second-order valence-corrected chi connectivity index (χ2v) is 6.63. The van der Waals surface area contributed by atoms with E-state index in [-0.39, 0.29) is 5.56 Å². The van der Waals surface area contributed by atoms with Crippen molar-refractivity contribution in [2.75, 3.05) is 18.0 Å². The van der Waals surface area contributed by atoms with Crippen LogP contribution >= 0.6 is 0 Å². The average molecular weight is 334 g/mol. The van der Waals surface area contributed by atoms with E-state index in [1.807, 2.05) is 35.3 Å². The van der Waals surface area contributed by atoms with Gasteiger partial charge in [0, 0.05) is 49.7 Å². The molecule has 1 aromatic carbocycles. The van der Waals surface area contributed by atoms with Crippen molar-refractivity contribution in [2.45, 2.75) is 19.4 Å². The van der Waals surface area contributed by atoms with Gasteiger partial charge in [0.05, 0.1) is 18.4 Å². The van der Waals surface area contributed by atoms with Gasteiger partial charge in [0.15, 0.2) is 0 Å². The second-order valence-electron chi connectivity index (χ2n) is 6.63. The summed E-state index contributed by atoms with van der Waals surface area (Å²) in [5, 5.41) is 4.52. The highest BCUT2D eigenvalue weighted by atomic mass is 16.1. The van der Waals surface area contributed by atoms with Crippen LogP contribution < -0.4 is 10.5 Å². The van der Waals surface area contributed by atoms with Gasteiger partial charge in [0.2, 0.25) is 0 Å². The van der Waals surface area contributed by atoms with Crippen LogP contribution in [-0.2, 0) is 13.6 Å². The summed E-state index contributed by atoms with van der Waals surface area (Å²) in [6, 6.07) is 12.1. The van der Waals surface area contributed by atoms with Crippen molar-refractivity contribution in [2.24, 2.45) is 7.05 Å². The molecule has 0 unspecified atom stereocenters. The number of nitrogens with zero attached hydrogens (tertiary/aromatic N) is 4. The Labute approximate surface area is 147 Å². The number of pyridine rings is 1. The molecule has 2 aromatic heterocycles. The first-order chi connectivity index (χ1) is 12.2. The SMILES string of the molecule is Cn1cc(-c2cnn(Cc3ccccc3)c2)c(N2CCCC2)cc1=O. The van der Waals surface area contributed by atoms with E-state index in [9.17, 15) is 4.79 Å². The summed E-state index contributed by atoms with van der Waals surface area (Å²) < 4.78 is 3.59. The maximum atomic E-state index is 12.1. The van der Waals surface area contributed by atoms with Gasteiger partial charge in [-0.2, -0.15) is 5.10 Å². The molecule has 0 radical (unpaired) electrons. The first kappa shape index (κ1) is 15.7. The molecular formula is C20H22N4O. The van der Waals surface area contributed by atoms with E-state index in [1.165, 1.54) is 18.4 Å². The molecule has 0 atom stereocenters. The Morgan fingerprint density at radius 1 is 1.08 bits per heavy atom. The number of anilines is 1. The van der Waals surface area contributed by atoms with Crippen molar-refractivity contribution >= 4 is 5.69 Å². The third kappa shape index (κ3) is 3.22. The van der Waals surface area contributed by atoms with Crippen molar-refractivity contribution in [3.63, 3.8) is 0 Å². The fourth-order valence-corrected chi connectivity index (χ4v) is 3.42. The van der Waals surface area contributed by atoms with Gasteiger partial charge >= 0.3 is 0 Å². The van der Waals surface area contributed by atoms with Gasteiger partial charge in [0.1, 0.15) is 0 Å². The summed E-state index contributed by atoms with van der Waals surface area (Å²) in [4.78, 5) is 14.5. The lowest BCUT2D eigenvalue weighted by Gasteiger charge is -2.21. The van der Waals surface area contributed by atoms with Gasteiger partial charge < -0.3 is 9.47 Å². The number of rotatable bonds is 4. The molecule has 3 heterocycles. The standard InChI is InChI=1S/C20H22N4O/c1-22-15-18(19(11-20(22)25)23-9-5-6-10-23)17-12-21-24(14-17)13-16-7-3-2-4-8-16/h2-4,7-8,11-12,14-15H,5-6,9-10,13H2,1H3. The average Bonchev–Trinajstić information content (AvgIpc) is 3.30. The van der Waals surface area contributed by atoms with Crippen LogP contribution in [0, 0.1) is 0 Å². The second kappa shape index (κ2) is 6.59. The smallest absolute Gasteiger partial charge is 0.252 e. The molecule has 1 aliphatic rings. The molecule has 1 fully saturated rings. The summed E-state index contributed by atoms with van der Waals surface area (Å²) in [6.45, 7) is 2.77. The predicted molar refractivity (Wildman–Crippen MR) is 99.9 cm³/mol. The highest BCUT2D eigenvalue weighted by Crippen LogP contribution is 2.31. The van der Waals surface area contributed by atoms with Crippen LogP contribution in [0.5, 0.6) is 0 Å². The zero-order valence-electron chi connectivity index (χ0n) is 14.4. The molecule has 5 heteroatoms. The van der Waals surface area contributed by atoms with E-state index in [0.29, 0.717) is 0 Å². The summed E-state index contributed by atoms with van der Waals surface area (Å²) in [6.07, 6.45) is 8.25. The molecule has 4 rings (SSSR count). The Balaban J connectivity index is 1.69. The Kier molecular flexibility index (Phi) is 4.14. The normalized spacial score (nSPS) is 14.2. The van der Waals surface area contributed by atoms with Crippen molar-refractivity contribution in [3.05, 3.63) is 70.9 Å². The summed E-state index contributed by atoms with van der Waals surface area (Å²) in [7, 11) is 1.80. The van der Waals surface area contributed by atoms with Gasteiger partial charge in [-0.3, -0.25) is 9.48 Å². The maximum absolute atomic E-state index is 12.1. The fraction of sp³-hybridized carbons (Fsp3) is 0.300. The highest BCUT2D eigenvalue weighted by molar-refractivity contribution is 5.77. The van der Waals surface area contributed by atoms with Crippen molar-refractivity contribution in [1.82, 2.24) is 14.3 Å². The minimum absolute atomic E-state index is 0.0299. The zero-order chi connectivity index (χ0) is 17.2. The van der Waals surface area contributed by atoms with Crippen molar-refractivity contribution < 1.29 is 0 Å². The summed E-state index contributed by atoms with van der Waals surface area (Å²) >= 11 is 0. The molecule has 0 amide bonds. The fourth-order valence-electron chi connectivity index (χ4n) is 3.42. The van der Waals surface area contributed by atoms with Crippen LogP contribution in [0.3, 0.4) is 0 Å². The summed E-state index contributed by atoms with van der Waals surface area (Å²) in [5.41, 5.74) is 4.40. The van der Waals surface area contributed by atoms with Gasteiger partial charge in [-0.25, -0.2) is 0 Å². The Morgan fingerprint density at radius 3 is 2.60 bits per heavy atom. The number of hydrogen-bond donors (Lipinski definition) is 0. The van der Waals surface area contributed by atoms with E-state index in [0.717, 1.165) is 36.4 Å². The topological polar surface area (TPSA) is 43.1 Å². The van der Waals surface area contributed by atoms with Crippen LogP contribution in [-0.4, -0.2) is 27.4 Å². The number of hydrogen-bond acceptors (Lipinski definition) is 3. The van der Waals surface area contributed by atoms with Crippen molar-refractivity contribution in [3.8, 4) is 11.1 Å². The number of benzene rings is 1. The van der Waals surface area contributed by atoms with E-state index in [4.69, 9.17) is 0 Å². The number of aryl methyl sites for hydroxylation is 1. The molecule has 25 heavy (non-hydrogen) atoms. The minimum atomic E-state index is 0.0299. The Bertz CT molecular complexity index is 920. The molecule has 5 nitrogen and oxygen atoms in total. The molecule has 1 aliphatic heterocycles. The Morgan fingerprint density at radius 2 is 1.84 bits per heavy atom. The van der Waals surface area contributed by atoms with E-state index >= 15 is 0 Å². The van der Waals surface area contributed by atoms with Gasteiger partial charge in [-0.05, 0) is 18.4 Å². The lowest BCUT2D eigenvalue weighted by Crippen LogP contribution is -2.23. The van der Waals surface area contributed by atoms with E-state index in [2.05, 4.69) is 28.3 Å². The molecular weight excluding hydrogens is 312 g/mol. The third-order valence-electron chi connectivity index (χ3n) is 4.78. The Hall–Kier alpha value is -2.82. The van der Waals surface area contributed by atoms with Crippen LogP contribution in [0.2, 0.25) is 0 Å². The lowest BCUT2D eigenvalue weighted by atomic mass is 10.1. The molecule has 0 bridgehead atoms.